The lowest BCUT2D eigenvalue weighted by molar-refractivity contribution is -0.301. The van der Waals surface area contributed by atoms with Crippen molar-refractivity contribution in [3.05, 3.63) is 37.1 Å². The van der Waals surface area contributed by atoms with Crippen molar-refractivity contribution in [1.29, 1.82) is 0 Å². The Morgan fingerprint density at radius 3 is 2.47 bits per heavy atom. The number of amides is 1. The van der Waals surface area contributed by atoms with E-state index in [-0.39, 0.29) is 24.1 Å². The Kier molecular flexibility index (Phi) is 16.1. The van der Waals surface area contributed by atoms with Crippen LogP contribution in [0.15, 0.2) is 42.2 Å². The standard InChI is InChI=1S/C43H69N7O10/c1-13-33-38-35(50(42(54)59-38)46-18-16-25(3)49-22-31(45-23-49)30-15-14-17-44-21-30)27(5)34(47-56-12)24(2)20-43(8,55-11)39(28(6)36(51)29(7)40(53)58-33)60-41-37(52)32(48(9)10)19-26(4)57-41/h14-15,17,21-29,32-33,35-39,41,46,51-52H,13,16,18-20H2,1-12H3/b47-34+/t24-,25-,26-,27+,28+,29-,32+,33-,35-,36+,37-,38-,39-,41-,43+/m1/s1. The van der Waals surface area contributed by atoms with Gasteiger partial charge in [-0.15, -0.1) is 0 Å². The minimum absolute atomic E-state index is 0.0236. The average molecular weight is 844 g/mol. The van der Waals surface area contributed by atoms with E-state index in [0.717, 1.165) is 11.3 Å². The molecule has 0 aromatic carbocycles. The molecular weight excluding hydrogens is 775 g/mol. The highest BCUT2D eigenvalue weighted by Gasteiger charge is 2.54. The number of cyclic esters (lactones) is 1. The van der Waals surface area contributed by atoms with Crippen molar-refractivity contribution in [1.82, 2.24) is 29.9 Å². The first kappa shape index (κ1) is 47.3. The fourth-order valence-electron chi connectivity index (χ4n) is 9.24. The quantitative estimate of drug-likeness (QED) is 0.201. The number of nitrogens with zero attached hydrogens (tertiary/aromatic N) is 6. The molecule has 3 saturated heterocycles. The van der Waals surface area contributed by atoms with E-state index in [9.17, 15) is 19.8 Å². The molecule has 0 spiro atoms. The lowest BCUT2D eigenvalue weighted by Crippen LogP contribution is -2.60. The van der Waals surface area contributed by atoms with E-state index in [0.29, 0.717) is 37.9 Å². The molecule has 0 radical (unpaired) electrons. The highest BCUT2D eigenvalue weighted by atomic mass is 16.7. The third kappa shape index (κ3) is 10.3. The van der Waals surface area contributed by atoms with Crippen molar-refractivity contribution in [3.8, 4) is 11.3 Å². The van der Waals surface area contributed by atoms with Crippen molar-refractivity contribution in [2.24, 2.45) is 28.8 Å². The largest absolute Gasteiger partial charge is 0.458 e. The molecule has 17 nitrogen and oxygen atoms in total. The Balaban J connectivity index is 1.46. The van der Waals surface area contributed by atoms with Gasteiger partial charge in [0.05, 0.1) is 47.6 Å². The first-order valence-electron chi connectivity index (χ1n) is 21.3. The zero-order valence-electron chi connectivity index (χ0n) is 37.4. The summed E-state index contributed by atoms with van der Waals surface area (Å²) in [5.74, 6) is -3.22. The Morgan fingerprint density at radius 2 is 1.83 bits per heavy atom. The van der Waals surface area contributed by atoms with Gasteiger partial charge in [-0.1, -0.05) is 32.9 Å². The zero-order chi connectivity index (χ0) is 44.1. The number of hydrazine groups is 1. The summed E-state index contributed by atoms with van der Waals surface area (Å²) in [7, 11) is 6.85. The molecule has 2 aromatic rings. The molecule has 5 rings (SSSR count). The molecule has 0 unspecified atom stereocenters. The number of aromatic nitrogens is 3. The maximum atomic E-state index is 14.0. The number of likely N-dealkylation sites (N-methyl/N-ethyl adjacent to an activating group) is 1. The number of hydrogen-bond acceptors (Lipinski definition) is 15. The molecule has 0 aliphatic carbocycles. The number of pyridine rings is 1. The van der Waals surface area contributed by atoms with Gasteiger partial charge in [-0.3, -0.25) is 9.78 Å². The molecule has 1 amide bonds. The summed E-state index contributed by atoms with van der Waals surface area (Å²) in [6, 6.07) is 2.92. The summed E-state index contributed by atoms with van der Waals surface area (Å²) in [5, 5.41) is 29.6. The fraction of sp³-hybridized carbons (Fsp3) is 0.744. The van der Waals surface area contributed by atoms with Gasteiger partial charge in [0.15, 0.2) is 12.4 Å². The molecule has 0 bridgehead atoms. The number of nitrogens with one attached hydrogen (secondary N) is 1. The molecule has 60 heavy (non-hydrogen) atoms. The van der Waals surface area contributed by atoms with Crippen LogP contribution in [0.5, 0.6) is 0 Å². The van der Waals surface area contributed by atoms with Gasteiger partial charge < -0.3 is 48.2 Å². The van der Waals surface area contributed by atoms with E-state index < -0.39 is 78.3 Å². The van der Waals surface area contributed by atoms with E-state index in [1.807, 2.05) is 76.5 Å². The Morgan fingerprint density at radius 1 is 1.10 bits per heavy atom. The van der Waals surface area contributed by atoms with Crippen LogP contribution in [0.3, 0.4) is 0 Å². The molecule has 3 fully saturated rings. The number of methoxy groups -OCH3 is 1. The smallest absolute Gasteiger partial charge is 0.425 e. The average Bonchev–Trinajstić information content (AvgIpc) is 3.85. The number of ether oxygens (including phenoxy) is 5. The molecule has 5 heterocycles. The number of fused-ring (bicyclic) bond motifs is 1. The summed E-state index contributed by atoms with van der Waals surface area (Å²) in [6.45, 7) is 15.5. The van der Waals surface area contributed by atoms with Crippen LogP contribution in [0.4, 0.5) is 4.79 Å². The van der Waals surface area contributed by atoms with Gasteiger partial charge >= 0.3 is 12.1 Å². The number of aliphatic hydroxyl groups is 2. The molecule has 0 saturated carbocycles. The second-order valence-corrected chi connectivity index (χ2v) is 17.5. The van der Waals surface area contributed by atoms with Crippen LogP contribution in [-0.4, -0.2) is 148 Å². The summed E-state index contributed by atoms with van der Waals surface area (Å²) in [5.41, 5.74) is 4.55. The predicted octanol–water partition coefficient (Wildman–Crippen LogP) is 4.44. The maximum Gasteiger partial charge on any atom is 0.425 e. The third-order valence-corrected chi connectivity index (χ3v) is 12.9. The number of rotatable bonds is 12. The number of carbonyl (C=O) groups excluding carboxylic acids is 2. The van der Waals surface area contributed by atoms with Crippen LogP contribution < -0.4 is 5.43 Å². The van der Waals surface area contributed by atoms with Crippen molar-refractivity contribution in [2.75, 3.05) is 34.9 Å². The molecule has 2 aromatic heterocycles. The number of imidazole rings is 1. The number of oxime groups is 1. The van der Waals surface area contributed by atoms with Crippen LogP contribution in [0, 0.1) is 23.7 Å². The normalized spacial score (nSPS) is 37.0. The lowest BCUT2D eigenvalue weighted by atomic mass is 9.74. The van der Waals surface area contributed by atoms with E-state index in [1.165, 1.54) is 12.1 Å². The summed E-state index contributed by atoms with van der Waals surface area (Å²) in [6.07, 6.45) is 2.35. The van der Waals surface area contributed by atoms with Crippen molar-refractivity contribution in [2.45, 2.75) is 148 Å². The second kappa shape index (κ2) is 20.4. The van der Waals surface area contributed by atoms with Gasteiger partial charge in [-0.2, -0.15) is 0 Å². The van der Waals surface area contributed by atoms with Gasteiger partial charge in [-0.25, -0.2) is 20.2 Å². The van der Waals surface area contributed by atoms with Crippen LogP contribution in [0.1, 0.15) is 87.1 Å². The molecular formula is C43H69N7O10. The zero-order valence-corrected chi connectivity index (χ0v) is 37.4. The fourth-order valence-corrected chi connectivity index (χ4v) is 9.24. The number of aliphatic hydroxyl groups excluding tert-OH is 2. The van der Waals surface area contributed by atoms with E-state index in [1.54, 1.807) is 39.7 Å². The van der Waals surface area contributed by atoms with Gasteiger partial charge in [0.2, 0.25) is 0 Å². The molecule has 3 aliphatic heterocycles. The molecule has 336 valence electrons. The van der Waals surface area contributed by atoms with Crippen LogP contribution >= 0.6 is 0 Å². The van der Waals surface area contributed by atoms with Gasteiger partial charge in [0, 0.05) is 67.6 Å². The first-order chi connectivity index (χ1) is 28.5. The number of esters is 1. The van der Waals surface area contributed by atoms with Crippen molar-refractivity contribution in [3.63, 3.8) is 0 Å². The van der Waals surface area contributed by atoms with E-state index >= 15 is 0 Å². The SMILES string of the molecule is CC[C@H]1OC(=O)[C@H](C)[C@@H](O)[C@H](C)[C@@H](O[C@H]2O[C@H](C)C[C@H](N(C)C)[C@H]2O)[C@@](C)(OC)C[C@@H](C)/C(=N\OC)[C@H](C)[C@@H]2[C@@H]1OC(=O)N2NCC[C@@H](C)n1cnc(-c2cccnc2)c1. The summed E-state index contributed by atoms with van der Waals surface area (Å²) >= 11 is 0. The Hall–Kier alpha value is -3.71. The van der Waals surface area contributed by atoms with Crippen molar-refractivity contribution >= 4 is 17.8 Å². The summed E-state index contributed by atoms with van der Waals surface area (Å²) < 4.78 is 33.6. The van der Waals surface area contributed by atoms with E-state index in [4.69, 9.17) is 28.5 Å². The Bertz CT molecular complexity index is 1730. The predicted molar refractivity (Wildman–Crippen MR) is 223 cm³/mol. The second-order valence-electron chi connectivity index (χ2n) is 17.5. The van der Waals surface area contributed by atoms with Gasteiger partial charge in [0.1, 0.15) is 25.4 Å². The number of carbonyl (C=O) groups is 2. The molecule has 3 N–H and O–H groups in total. The summed E-state index contributed by atoms with van der Waals surface area (Å²) in [4.78, 5) is 44.1. The topological polar surface area (TPSA) is 192 Å². The molecule has 3 aliphatic rings. The minimum Gasteiger partial charge on any atom is -0.458 e. The Labute approximate surface area is 355 Å². The molecule has 17 heteroatoms. The highest BCUT2D eigenvalue weighted by molar-refractivity contribution is 5.89. The van der Waals surface area contributed by atoms with Gasteiger partial charge in [-0.05, 0) is 79.6 Å². The first-order valence-corrected chi connectivity index (χ1v) is 21.3. The monoisotopic (exact) mass is 844 g/mol. The molecule has 15 atom stereocenters. The third-order valence-electron chi connectivity index (χ3n) is 12.9. The van der Waals surface area contributed by atoms with Crippen LogP contribution in [-0.2, 0) is 33.3 Å². The van der Waals surface area contributed by atoms with Crippen molar-refractivity contribution < 1.29 is 48.3 Å². The maximum absolute atomic E-state index is 14.0. The number of hydrogen-bond donors (Lipinski definition) is 3. The van der Waals surface area contributed by atoms with Gasteiger partial charge in [0.25, 0.3) is 0 Å². The van der Waals surface area contributed by atoms with E-state index in [2.05, 4.69) is 27.5 Å². The van der Waals surface area contributed by atoms with Crippen LogP contribution in [0.2, 0.25) is 0 Å². The van der Waals surface area contributed by atoms with Crippen LogP contribution in [0.25, 0.3) is 11.3 Å². The highest BCUT2D eigenvalue weighted by Crippen LogP contribution is 2.40. The minimum atomic E-state index is -1.26. The lowest BCUT2D eigenvalue weighted by Gasteiger charge is -2.48.